The van der Waals surface area contributed by atoms with Crippen molar-refractivity contribution in [1.29, 1.82) is 0 Å². The lowest BCUT2D eigenvalue weighted by molar-refractivity contribution is -0.129. The van der Waals surface area contributed by atoms with Gasteiger partial charge in [-0.1, -0.05) is 0 Å². The average molecular weight is 261 g/mol. The number of rotatable bonds is 2. The zero-order chi connectivity index (χ0) is 13.6. The number of hydrogen-bond donors (Lipinski definition) is 1. The first kappa shape index (κ1) is 12.2. The molecule has 2 heterocycles. The molecule has 0 bridgehead atoms. The molecule has 1 saturated heterocycles. The number of hydrogen-bond acceptors (Lipinski definition) is 5. The minimum atomic E-state index is 0.121. The van der Waals surface area contributed by atoms with Crippen LogP contribution in [0.3, 0.4) is 0 Å². The normalized spacial score (nSPS) is 20.0. The lowest BCUT2D eigenvalue weighted by Crippen LogP contribution is -2.49. The summed E-state index contributed by atoms with van der Waals surface area (Å²) in [6, 6.07) is 0. The van der Waals surface area contributed by atoms with Crippen LogP contribution in [0.15, 0.2) is 0 Å². The number of nitrogens with zero attached hydrogens (tertiary/aromatic N) is 4. The quantitative estimate of drug-likeness (QED) is 0.840. The summed E-state index contributed by atoms with van der Waals surface area (Å²) in [6.07, 6.45) is 2.28. The summed E-state index contributed by atoms with van der Waals surface area (Å²) in [7, 11) is 1.83. The van der Waals surface area contributed by atoms with E-state index in [1.165, 1.54) is 0 Å². The minimum Gasteiger partial charge on any atom is -0.383 e. The van der Waals surface area contributed by atoms with Crippen molar-refractivity contribution in [3.63, 3.8) is 0 Å². The fraction of sp³-hybridized carbons (Fsp3) is 0.615. The standard InChI is InChI=1S/C13H19N5O/c1-8-11(14)15-12(9-3-4-9)16-13(8)18-6-5-17(2)10(19)7-18/h9H,3-7H2,1-2H3,(H2,14,15,16). The second kappa shape index (κ2) is 4.36. The molecule has 6 nitrogen and oxygen atoms in total. The Morgan fingerprint density at radius 3 is 2.63 bits per heavy atom. The third-order valence-electron chi connectivity index (χ3n) is 3.87. The first-order chi connectivity index (χ1) is 9.06. The van der Waals surface area contributed by atoms with E-state index in [9.17, 15) is 4.79 Å². The number of anilines is 2. The molecule has 2 aliphatic rings. The van der Waals surface area contributed by atoms with E-state index in [1.54, 1.807) is 4.90 Å². The van der Waals surface area contributed by atoms with Crippen molar-refractivity contribution in [1.82, 2.24) is 14.9 Å². The molecule has 0 atom stereocenters. The number of carbonyl (C=O) groups is 1. The SMILES string of the molecule is Cc1c(N)nc(C2CC2)nc1N1CCN(C)C(=O)C1. The fourth-order valence-electron chi connectivity index (χ4n) is 2.31. The van der Waals surface area contributed by atoms with Crippen molar-refractivity contribution in [3.8, 4) is 0 Å². The summed E-state index contributed by atoms with van der Waals surface area (Å²) in [6.45, 7) is 3.81. The Labute approximate surface area is 112 Å². The van der Waals surface area contributed by atoms with Crippen LogP contribution >= 0.6 is 0 Å². The predicted octanol–water partition coefficient (Wildman–Crippen LogP) is 0.523. The molecule has 0 aromatic carbocycles. The Kier molecular flexibility index (Phi) is 2.80. The van der Waals surface area contributed by atoms with E-state index in [1.807, 2.05) is 18.9 Å². The molecule has 3 rings (SSSR count). The minimum absolute atomic E-state index is 0.121. The van der Waals surface area contributed by atoms with Gasteiger partial charge in [0.15, 0.2) is 0 Å². The molecule has 0 spiro atoms. The number of nitrogens with two attached hydrogens (primary N) is 1. The van der Waals surface area contributed by atoms with Gasteiger partial charge in [-0.05, 0) is 19.8 Å². The molecule has 0 unspecified atom stereocenters. The number of aromatic nitrogens is 2. The molecule has 1 saturated carbocycles. The van der Waals surface area contributed by atoms with E-state index in [0.717, 1.165) is 43.1 Å². The topological polar surface area (TPSA) is 75.3 Å². The second-order valence-electron chi connectivity index (χ2n) is 5.43. The lowest BCUT2D eigenvalue weighted by Gasteiger charge is -2.33. The van der Waals surface area contributed by atoms with Gasteiger partial charge < -0.3 is 15.5 Å². The largest absolute Gasteiger partial charge is 0.383 e. The van der Waals surface area contributed by atoms with E-state index in [2.05, 4.69) is 9.97 Å². The molecule has 2 N–H and O–H groups in total. The third-order valence-corrected chi connectivity index (χ3v) is 3.87. The Balaban J connectivity index is 1.92. The molecule has 1 aromatic rings. The van der Waals surface area contributed by atoms with Gasteiger partial charge in [-0.3, -0.25) is 4.79 Å². The van der Waals surface area contributed by atoms with Gasteiger partial charge >= 0.3 is 0 Å². The summed E-state index contributed by atoms with van der Waals surface area (Å²) in [5.41, 5.74) is 6.86. The van der Waals surface area contributed by atoms with Crippen LogP contribution in [0.5, 0.6) is 0 Å². The Morgan fingerprint density at radius 2 is 2.00 bits per heavy atom. The van der Waals surface area contributed by atoms with Gasteiger partial charge in [-0.15, -0.1) is 0 Å². The highest BCUT2D eigenvalue weighted by atomic mass is 16.2. The van der Waals surface area contributed by atoms with Crippen molar-refractivity contribution >= 4 is 17.5 Å². The third kappa shape index (κ3) is 2.22. The van der Waals surface area contributed by atoms with Gasteiger partial charge in [-0.2, -0.15) is 0 Å². The maximum absolute atomic E-state index is 11.8. The predicted molar refractivity (Wildman–Crippen MR) is 73.0 cm³/mol. The highest BCUT2D eigenvalue weighted by Gasteiger charge is 2.30. The van der Waals surface area contributed by atoms with E-state index in [0.29, 0.717) is 18.3 Å². The van der Waals surface area contributed by atoms with Crippen molar-refractivity contribution in [2.75, 3.05) is 37.3 Å². The van der Waals surface area contributed by atoms with Gasteiger partial charge in [-0.25, -0.2) is 9.97 Å². The van der Waals surface area contributed by atoms with Crippen LogP contribution in [0.1, 0.15) is 30.1 Å². The summed E-state index contributed by atoms with van der Waals surface area (Å²) < 4.78 is 0. The van der Waals surface area contributed by atoms with Crippen LogP contribution in [-0.4, -0.2) is 47.5 Å². The number of nitrogen functional groups attached to an aromatic ring is 1. The number of amides is 1. The zero-order valence-corrected chi connectivity index (χ0v) is 11.4. The van der Waals surface area contributed by atoms with Crippen LogP contribution in [0.2, 0.25) is 0 Å². The van der Waals surface area contributed by atoms with Gasteiger partial charge in [0.05, 0.1) is 6.54 Å². The Bertz CT molecular complexity index is 526. The highest BCUT2D eigenvalue weighted by Crippen LogP contribution is 2.39. The van der Waals surface area contributed by atoms with Gasteiger partial charge in [0, 0.05) is 31.6 Å². The van der Waals surface area contributed by atoms with Gasteiger partial charge in [0.2, 0.25) is 5.91 Å². The van der Waals surface area contributed by atoms with Crippen molar-refractivity contribution in [2.45, 2.75) is 25.7 Å². The summed E-state index contributed by atoms with van der Waals surface area (Å²) in [5.74, 6) is 2.79. The van der Waals surface area contributed by atoms with Crippen LogP contribution in [0.25, 0.3) is 0 Å². The lowest BCUT2D eigenvalue weighted by atomic mass is 10.2. The molecule has 1 aromatic heterocycles. The zero-order valence-electron chi connectivity index (χ0n) is 11.4. The van der Waals surface area contributed by atoms with Crippen LogP contribution < -0.4 is 10.6 Å². The van der Waals surface area contributed by atoms with E-state index in [4.69, 9.17) is 5.73 Å². The highest BCUT2D eigenvalue weighted by molar-refractivity contribution is 5.82. The molecule has 0 radical (unpaired) electrons. The molecule has 102 valence electrons. The van der Waals surface area contributed by atoms with Gasteiger partial charge in [0.25, 0.3) is 0 Å². The molecule has 2 fully saturated rings. The maximum Gasteiger partial charge on any atom is 0.241 e. The monoisotopic (exact) mass is 261 g/mol. The molecule has 1 aliphatic carbocycles. The molecule has 1 aliphatic heterocycles. The van der Waals surface area contributed by atoms with E-state index in [-0.39, 0.29) is 5.91 Å². The molecular weight excluding hydrogens is 242 g/mol. The summed E-state index contributed by atoms with van der Waals surface area (Å²) in [5, 5.41) is 0. The van der Waals surface area contributed by atoms with Crippen LogP contribution in [-0.2, 0) is 4.79 Å². The van der Waals surface area contributed by atoms with Crippen molar-refractivity contribution in [2.24, 2.45) is 0 Å². The molecule has 19 heavy (non-hydrogen) atoms. The maximum atomic E-state index is 11.8. The summed E-state index contributed by atoms with van der Waals surface area (Å²) >= 11 is 0. The van der Waals surface area contributed by atoms with E-state index < -0.39 is 0 Å². The fourth-order valence-corrected chi connectivity index (χ4v) is 2.31. The molecule has 1 amide bonds. The number of piperazine rings is 1. The number of carbonyl (C=O) groups excluding carboxylic acids is 1. The molecule has 6 heteroatoms. The first-order valence-electron chi connectivity index (χ1n) is 6.69. The van der Waals surface area contributed by atoms with Crippen molar-refractivity contribution in [3.05, 3.63) is 11.4 Å². The Hall–Kier alpha value is -1.85. The first-order valence-corrected chi connectivity index (χ1v) is 6.69. The van der Waals surface area contributed by atoms with Crippen LogP contribution in [0, 0.1) is 6.92 Å². The smallest absolute Gasteiger partial charge is 0.241 e. The van der Waals surface area contributed by atoms with Crippen LogP contribution in [0.4, 0.5) is 11.6 Å². The Morgan fingerprint density at radius 1 is 1.26 bits per heavy atom. The van der Waals surface area contributed by atoms with Gasteiger partial charge in [0.1, 0.15) is 17.5 Å². The average Bonchev–Trinajstić information content (AvgIpc) is 3.20. The van der Waals surface area contributed by atoms with Crippen molar-refractivity contribution < 1.29 is 4.79 Å². The second-order valence-corrected chi connectivity index (χ2v) is 5.43. The summed E-state index contributed by atoms with van der Waals surface area (Å²) in [4.78, 5) is 24.6. The molecular formula is C13H19N5O. The van der Waals surface area contributed by atoms with E-state index >= 15 is 0 Å². The number of likely N-dealkylation sites (N-methyl/N-ethyl adjacent to an activating group) is 1.